The first-order chi connectivity index (χ1) is 7.88. The Kier molecular flexibility index (Phi) is 4.66. The summed E-state index contributed by atoms with van der Waals surface area (Å²) in [4.78, 5) is 2.58. The van der Waals surface area contributed by atoms with Gasteiger partial charge in [-0.3, -0.25) is 4.68 Å². The molecule has 0 N–H and O–H groups in total. The Balaban J connectivity index is 1.77. The van der Waals surface area contributed by atoms with Crippen molar-refractivity contribution in [3.05, 3.63) is 12.4 Å². The van der Waals surface area contributed by atoms with Crippen molar-refractivity contribution in [1.29, 1.82) is 0 Å². The monoisotopic (exact) mass is 240 g/mol. The number of thioether (sulfide) groups is 1. The van der Waals surface area contributed by atoms with Crippen LogP contribution in [0.5, 0.6) is 0 Å². The van der Waals surface area contributed by atoms with Crippen LogP contribution >= 0.6 is 11.8 Å². The van der Waals surface area contributed by atoms with Gasteiger partial charge in [0.15, 0.2) is 0 Å². The summed E-state index contributed by atoms with van der Waals surface area (Å²) in [5.41, 5.74) is 0. The summed E-state index contributed by atoms with van der Waals surface area (Å²) in [7, 11) is 0. The van der Waals surface area contributed by atoms with Crippen LogP contribution in [0.2, 0.25) is 0 Å². The molecule has 1 aliphatic heterocycles. The third-order valence-electron chi connectivity index (χ3n) is 3.13. The van der Waals surface area contributed by atoms with Crippen LogP contribution in [-0.4, -0.2) is 51.5 Å². The summed E-state index contributed by atoms with van der Waals surface area (Å²) in [6.07, 6.45) is 8.55. The van der Waals surface area contributed by atoms with E-state index in [1.807, 2.05) is 22.6 Å². The number of aromatic nitrogens is 3. The molecule has 1 aromatic heterocycles. The van der Waals surface area contributed by atoms with Crippen LogP contribution in [0, 0.1) is 5.92 Å². The molecular formula is C11H20N4S. The van der Waals surface area contributed by atoms with E-state index in [0.29, 0.717) is 0 Å². The van der Waals surface area contributed by atoms with E-state index in [9.17, 15) is 0 Å². The summed E-state index contributed by atoms with van der Waals surface area (Å²) >= 11 is 1.93. The van der Waals surface area contributed by atoms with E-state index in [0.717, 1.165) is 12.5 Å². The van der Waals surface area contributed by atoms with Crippen molar-refractivity contribution in [2.75, 3.05) is 31.6 Å². The summed E-state index contributed by atoms with van der Waals surface area (Å²) in [6.45, 7) is 4.75. The van der Waals surface area contributed by atoms with Crippen LogP contribution in [0.1, 0.15) is 12.8 Å². The quantitative estimate of drug-likeness (QED) is 0.778. The average molecular weight is 240 g/mol. The van der Waals surface area contributed by atoms with E-state index in [2.05, 4.69) is 21.5 Å². The van der Waals surface area contributed by atoms with Crippen LogP contribution in [0.25, 0.3) is 0 Å². The number of piperidine rings is 1. The topological polar surface area (TPSA) is 34.0 Å². The van der Waals surface area contributed by atoms with Gasteiger partial charge in [0.2, 0.25) is 0 Å². The van der Waals surface area contributed by atoms with Gasteiger partial charge in [-0.05, 0) is 31.6 Å². The molecular weight excluding hydrogens is 220 g/mol. The lowest BCUT2D eigenvalue weighted by molar-refractivity contribution is 0.167. The van der Waals surface area contributed by atoms with Gasteiger partial charge in [-0.25, -0.2) is 0 Å². The van der Waals surface area contributed by atoms with Crippen LogP contribution in [0.15, 0.2) is 12.4 Å². The standard InChI is InChI=1S/C11H20N4S/c1-16-8-7-14-5-2-3-11(9-14)10-15-6-4-12-13-15/h4,6,11H,2-3,5,7-10H2,1H3/t11-/m0/s1. The highest BCUT2D eigenvalue weighted by Crippen LogP contribution is 2.18. The first kappa shape index (κ1) is 11.9. The van der Waals surface area contributed by atoms with Gasteiger partial charge >= 0.3 is 0 Å². The fourth-order valence-corrected chi connectivity index (χ4v) is 2.76. The fraction of sp³-hybridized carbons (Fsp3) is 0.818. The summed E-state index contributed by atoms with van der Waals surface area (Å²) in [5, 5.41) is 7.89. The Hall–Kier alpha value is -0.550. The summed E-state index contributed by atoms with van der Waals surface area (Å²) in [6, 6.07) is 0. The van der Waals surface area contributed by atoms with Crippen LogP contribution in [0.4, 0.5) is 0 Å². The zero-order valence-electron chi connectivity index (χ0n) is 9.88. The van der Waals surface area contributed by atoms with E-state index in [-0.39, 0.29) is 0 Å². The molecule has 1 aliphatic rings. The highest BCUT2D eigenvalue weighted by Gasteiger charge is 2.19. The Labute approximate surface area is 101 Å². The lowest BCUT2D eigenvalue weighted by Gasteiger charge is -2.32. The number of likely N-dealkylation sites (tertiary alicyclic amines) is 1. The van der Waals surface area contributed by atoms with Crippen molar-refractivity contribution < 1.29 is 0 Å². The third-order valence-corrected chi connectivity index (χ3v) is 3.72. The van der Waals surface area contributed by atoms with E-state index in [1.54, 1.807) is 6.20 Å². The maximum Gasteiger partial charge on any atom is 0.0692 e. The molecule has 0 amide bonds. The number of rotatable bonds is 5. The lowest BCUT2D eigenvalue weighted by atomic mass is 9.98. The molecule has 0 unspecified atom stereocenters. The first-order valence-corrected chi connectivity index (χ1v) is 7.33. The van der Waals surface area contributed by atoms with Crippen LogP contribution < -0.4 is 0 Å². The van der Waals surface area contributed by atoms with Crippen molar-refractivity contribution in [2.45, 2.75) is 19.4 Å². The highest BCUT2D eigenvalue weighted by molar-refractivity contribution is 7.98. The molecule has 4 nitrogen and oxygen atoms in total. The van der Waals surface area contributed by atoms with E-state index in [1.165, 1.54) is 38.2 Å². The van der Waals surface area contributed by atoms with Crippen molar-refractivity contribution in [1.82, 2.24) is 19.9 Å². The molecule has 0 saturated carbocycles. The third kappa shape index (κ3) is 3.49. The highest BCUT2D eigenvalue weighted by atomic mass is 32.2. The van der Waals surface area contributed by atoms with Gasteiger partial charge in [-0.1, -0.05) is 5.21 Å². The van der Waals surface area contributed by atoms with Gasteiger partial charge in [0.05, 0.1) is 6.20 Å². The molecule has 0 spiro atoms. The SMILES string of the molecule is CSCCN1CCC[C@H](Cn2ccnn2)C1. The molecule has 0 bridgehead atoms. The molecule has 0 radical (unpaired) electrons. The average Bonchev–Trinajstić information content (AvgIpc) is 2.80. The predicted octanol–water partition coefficient (Wildman–Crippen LogP) is 1.35. The molecule has 1 atom stereocenters. The van der Waals surface area contributed by atoms with E-state index in [4.69, 9.17) is 0 Å². The molecule has 1 aromatic rings. The first-order valence-electron chi connectivity index (χ1n) is 5.94. The number of hydrogen-bond acceptors (Lipinski definition) is 4. The Morgan fingerprint density at radius 2 is 2.44 bits per heavy atom. The van der Waals surface area contributed by atoms with Crippen molar-refractivity contribution in [3.8, 4) is 0 Å². The lowest BCUT2D eigenvalue weighted by Crippen LogP contribution is -2.38. The molecule has 2 heterocycles. The molecule has 1 saturated heterocycles. The minimum atomic E-state index is 0.748. The predicted molar refractivity (Wildman–Crippen MR) is 67.6 cm³/mol. The zero-order chi connectivity index (χ0) is 11.2. The van der Waals surface area contributed by atoms with Gasteiger partial charge in [-0.2, -0.15) is 11.8 Å². The fourth-order valence-electron chi connectivity index (χ4n) is 2.32. The van der Waals surface area contributed by atoms with E-state index >= 15 is 0 Å². The number of nitrogens with zero attached hydrogens (tertiary/aromatic N) is 4. The minimum Gasteiger partial charge on any atom is -0.302 e. The van der Waals surface area contributed by atoms with Crippen molar-refractivity contribution in [2.24, 2.45) is 5.92 Å². The van der Waals surface area contributed by atoms with Crippen LogP contribution in [0.3, 0.4) is 0 Å². The maximum absolute atomic E-state index is 4.04. The maximum atomic E-state index is 4.04. The molecule has 16 heavy (non-hydrogen) atoms. The van der Waals surface area contributed by atoms with Crippen molar-refractivity contribution in [3.63, 3.8) is 0 Å². The Morgan fingerprint density at radius 1 is 1.50 bits per heavy atom. The molecule has 2 rings (SSSR count). The summed E-state index contributed by atoms with van der Waals surface area (Å²) < 4.78 is 1.96. The molecule has 5 heteroatoms. The Bertz CT molecular complexity index is 288. The van der Waals surface area contributed by atoms with Gasteiger partial charge < -0.3 is 4.90 Å². The normalized spacial score (nSPS) is 22.4. The molecule has 0 aromatic carbocycles. The van der Waals surface area contributed by atoms with Gasteiger partial charge in [-0.15, -0.1) is 5.10 Å². The second-order valence-corrected chi connectivity index (χ2v) is 5.41. The van der Waals surface area contributed by atoms with Gasteiger partial charge in [0, 0.05) is 31.6 Å². The second-order valence-electron chi connectivity index (χ2n) is 4.43. The van der Waals surface area contributed by atoms with E-state index < -0.39 is 0 Å². The smallest absolute Gasteiger partial charge is 0.0692 e. The minimum absolute atomic E-state index is 0.748. The Morgan fingerprint density at radius 3 is 3.19 bits per heavy atom. The van der Waals surface area contributed by atoms with Crippen molar-refractivity contribution >= 4 is 11.8 Å². The zero-order valence-corrected chi connectivity index (χ0v) is 10.7. The van der Waals surface area contributed by atoms with Gasteiger partial charge in [0.25, 0.3) is 0 Å². The second kappa shape index (κ2) is 6.25. The summed E-state index contributed by atoms with van der Waals surface area (Å²) in [5.74, 6) is 1.99. The molecule has 1 fully saturated rings. The van der Waals surface area contributed by atoms with Crippen LogP contribution in [-0.2, 0) is 6.54 Å². The number of hydrogen-bond donors (Lipinski definition) is 0. The largest absolute Gasteiger partial charge is 0.302 e. The van der Waals surface area contributed by atoms with Gasteiger partial charge in [0.1, 0.15) is 0 Å². The molecule has 90 valence electrons. The molecule has 0 aliphatic carbocycles.